The third-order valence-corrected chi connectivity index (χ3v) is 2.15. The second-order valence-corrected chi connectivity index (χ2v) is 3.01. The van der Waals surface area contributed by atoms with Crippen molar-refractivity contribution < 1.29 is 13.9 Å². The largest absolute Gasteiger partial charge is 0.390 e. The quantitative estimate of drug-likeness (QED) is 0.554. The van der Waals surface area contributed by atoms with E-state index in [0.29, 0.717) is 6.42 Å². The number of alkyl halides is 2. The molecule has 0 bridgehead atoms. The molecule has 0 heterocycles. The average molecular weight is 150 g/mol. The Bertz CT molecular complexity index is 104. The van der Waals surface area contributed by atoms with E-state index in [1.165, 1.54) is 0 Å². The summed E-state index contributed by atoms with van der Waals surface area (Å²) in [5.74, 6) is -0.0954. The van der Waals surface area contributed by atoms with Crippen LogP contribution in [0.1, 0.15) is 19.8 Å². The Morgan fingerprint density at radius 1 is 1.30 bits per heavy atom. The summed E-state index contributed by atoms with van der Waals surface area (Å²) in [6, 6.07) is 0. The first-order valence-electron chi connectivity index (χ1n) is 3.59. The van der Waals surface area contributed by atoms with Crippen molar-refractivity contribution in [2.75, 3.05) is 0 Å². The van der Waals surface area contributed by atoms with Crippen molar-refractivity contribution in [1.82, 2.24) is 0 Å². The van der Waals surface area contributed by atoms with Crippen molar-refractivity contribution in [3.8, 4) is 0 Å². The number of rotatable bonds is 0. The Morgan fingerprint density at radius 3 is 2.40 bits per heavy atom. The zero-order valence-corrected chi connectivity index (χ0v) is 5.93. The molecule has 4 atom stereocenters. The molecule has 0 aromatic rings. The Labute approximate surface area is 59.0 Å². The minimum Gasteiger partial charge on any atom is -0.390 e. The van der Waals surface area contributed by atoms with Crippen molar-refractivity contribution in [3.05, 3.63) is 0 Å². The molecule has 1 rings (SSSR count). The molecule has 1 aliphatic carbocycles. The highest BCUT2D eigenvalue weighted by atomic mass is 19.2. The minimum absolute atomic E-state index is 0.0954. The Hall–Kier alpha value is -0.180. The molecule has 1 N–H and O–H groups in total. The van der Waals surface area contributed by atoms with Crippen LogP contribution >= 0.6 is 0 Å². The van der Waals surface area contributed by atoms with Gasteiger partial charge in [0.1, 0.15) is 6.17 Å². The molecule has 4 unspecified atom stereocenters. The van der Waals surface area contributed by atoms with E-state index in [2.05, 4.69) is 0 Å². The Balaban J connectivity index is 2.52. The molecule has 1 nitrogen and oxygen atoms in total. The first-order valence-corrected chi connectivity index (χ1v) is 3.59. The Morgan fingerprint density at radius 2 is 1.90 bits per heavy atom. The first kappa shape index (κ1) is 7.92. The predicted octanol–water partition coefficient (Wildman–Crippen LogP) is 1.45. The van der Waals surface area contributed by atoms with Crippen molar-refractivity contribution in [2.45, 2.75) is 38.2 Å². The van der Waals surface area contributed by atoms with Gasteiger partial charge in [-0.2, -0.15) is 0 Å². The second kappa shape index (κ2) is 2.82. The highest BCUT2D eigenvalue weighted by Gasteiger charge is 2.36. The predicted molar refractivity (Wildman–Crippen MR) is 34.2 cm³/mol. The van der Waals surface area contributed by atoms with E-state index in [-0.39, 0.29) is 12.3 Å². The highest BCUT2D eigenvalue weighted by Crippen LogP contribution is 2.28. The van der Waals surface area contributed by atoms with E-state index in [0.717, 1.165) is 0 Å². The van der Waals surface area contributed by atoms with Gasteiger partial charge in [0.05, 0.1) is 6.10 Å². The van der Waals surface area contributed by atoms with Crippen LogP contribution in [0.5, 0.6) is 0 Å². The van der Waals surface area contributed by atoms with Crippen molar-refractivity contribution in [1.29, 1.82) is 0 Å². The maximum absolute atomic E-state index is 12.6. The smallest absolute Gasteiger partial charge is 0.157 e. The third kappa shape index (κ3) is 1.29. The fourth-order valence-electron chi connectivity index (χ4n) is 1.28. The molecular formula is C7H12F2O. The minimum atomic E-state index is -1.66. The SMILES string of the molecule is CC1CCC(F)C(F)C1O. The van der Waals surface area contributed by atoms with E-state index in [9.17, 15) is 8.78 Å². The summed E-state index contributed by atoms with van der Waals surface area (Å²) in [6.07, 6.45) is -3.37. The van der Waals surface area contributed by atoms with Crippen molar-refractivity contribution in [2.24, 2.45) is 5.92 Å². The molecular weight excluding hydrogens is 138 g/mol. The fourth-order valence-corrected chi connectivity index (χ4v) is 1.28. The lowest BCUT2D eigenvalue weighted by molar-refractivity contribution is -0.0378. The number of hydrogen-bond acceptors (Lipinski definition) is 1. The summed E-state index contributed by atoms with van der Waals surface area (Å²) >= 11 is 0. The second-order valence-electron chi connectivity index (χ2n) is 3.01. The van der Waals surface area contributed by atoms with Crippen LogP contribution in [-0.2, 0) is 0 Å². The molecule has 0 amide bonds. The zero-order chi connectivity index (χ0) is 7.72. The third-order valence-electron chi connectivity index (χ3n) is 2.15. The van der Waals surface area contributed by atoms with Gasteiger partial charge in [-0.05, 0) is 18.8 Å². The molecule has 0 spiro atoms. The van der Waals surface area contributed by atoms with Crippen LogP contribution in [0.15, 0.2) is 0 Å². The van der Waals surface area contributed by atoms with Gasteiger partial charge in [-0.15, -0.1) is 0 Å². The average Bonchev–Trinajstić information content (AvgIpc) is 1.93. The van der Waals surface area contributed by atoms with E-state index in [1.54, 1.807) is 6.92 Å². The lowest BCUT2D eigenvalue weighted by Crippen LogP contribution is -2.40. The summed E-state index contributed by atoms with van der Waals surface area (Å²) < 4.78 is 25.1. The van der Waals surface area contributed by atoms with E-state index in [4.69, 9.17) is 5.11 Å². The molecule has 0 aromatic heterocycles. The van der Waals surface area contributed by atoms with E-state index >= 15 is 0 Å². The summed E-state index contributed by atoms with van der Waals surface area (Å²) in [4.78, 5) is 0. The van der Waals surface area contributed by atoms with Crippen molar-refractivity contribution in [3.63, 3.8) is 0 Å². The van der Waals surface area contributed by atoms with Gasteiger partial charge in [-0.1, -0.05) is 6.92 Å². The van der Waals surface area contributed by atoms with Gasteiger partial charge in [0, 0.05) is 0 Å². The van der Waals surface area contributed by atoms with Crippen molar-refractivity contribution >= 4 is 0 Å². The van der Waals surface area contributed by atoms with Gasteiger partial charge in [-0.3, -0.25) is 0 Å². The molecule has 1 aliphatic rings. The molecule has 1 fully saturated rings. The lowest BCUT2D eigenvalue weighted by Gasteiger charge is -2.30. The standard InChI is InChI=1S/C7H12F2O/c1-4-2-3-5(8)6(9)7(4)10/h4-7,10H,2-3H2,1H3. The van der Waals surface area contributed by atoms with Gasteiger partial charge in [0.2, 0.25) is 0 Å². The number of aliphatic hydroxyl groups excluding tert-OH is 1. The highest BCUT2D eigenvalue weighted by molar-refractivity contribution is 4.85. The zero-order valence-electron chi connectivity index (χ0n) is 5.93. The molecule has 1 saturated carbocycles. The van der Waals surface area contributed by atoms with Gasteiger partial charge >= 0.3 is 0 Å². The molecule has 10 heavy (non-hydrogen) atoms. The number of halogens is 2. The first-order chi connectivity index (χ1) is 4.63. The van der Waals surface area contributed by atoms with Crippen LogP contribution in [0.4, 0.5) is 8.78 Å². The van der Waals surface area contributed by atoms with Gasteiger partial charge in [0.15, 0.2) is 6.17 Å². The van der Waals surface area contributed by atoms with Crippen LogP contribution in [-0.4, -0.2) is 23.6 Å². The van der Waals surface area contributed by atoms with E-state index in [1.807, 2.05) is 0 Å². The van der Waals surface area contributed by atoms with Gasteiger partial charge < -0.3 is 5.11 Å². The summed E-state index contributed by atoms with van der Waals surface area (Å²) in [5, 5.41) is 9.00. The maximum Gasteiger partial charge on any atom is 0.157 e. The normalized spacial score (nSPS) is 49.2. The number of hydrogen-bond donors (Lipinski definition) is 1. The number of aliphatic hydroxyl groups is 1. The van der Waals surface area contributed by atoms with Crippen LogP contribution in [0.25, 0.3) is 0 Å². The van der Waals surface area contributed by atoms with Crippen LogP contribution in [0.3, 0.4) is 0 Å². The lowest BCUT2D eigenvalue weighted by atomic mass is 9.85. The van der Waals surface area contributed by atoms with Crippen LogP contribution in [0, 0.1) is 5.92 Å². The maximum atomic E-state index is 12.6. The topological polar surface area (TPSA) is 20.2 Å². The summed E-state index contributed by atoms with van der Waals surface area (Å²) in [7, 11) is 0. The van der Waals surface area contributed by atoms with Gasteiger partial charge in [-0.25, -0.2) is 8.78 Å². The molecule has 0 saturated heterocycles. The molecule has 3 heteroatoms. The molecule has 60 valence electrons. The summed E-state index contributed by atoms with van der Waals surface area (Å²) in [6.45, 7) is 1.74. The Kier molecular flexibility index (Phi) is 2.24. The molecule has 0 radical (unpaired) electrons. The molecule has 0 aromatic carbocycles. The molecule has 0 aliphatic heterocycles. The fraction of sp³-hybridized carbons (Fsp3) is 1.00. The monoisotopic (exact) mass is 150 g/mol. The van der Waals surface area contributed by atoms with Crippen LogP contribution in [0.2, 0.25) is 0 Å². The van der Waals surface area contributed by atoms with Gasteiger partial charge in [0.25, 0.3) is 0 Å². The summed E-state index contributed by atoms with van der Waals surface area (Å²) in [5.41, 5.74) is 0. The van der Waals surface area contributed by atoms with Crippen LogP contribution < -0.4 is 0 Å². The van der Waals surface area contributed by atoms with E-state index < -0.39 is 18.4 Å².